The third-order valence-electron chi connectivity index (χ3n) is 16.8. The Hall–Kier alpha value is -8.78. The first-order chi connectivity index (χ1) is 36.0. The van der Waals surface area contributed by atoms with Crippen molar-refractivity contribution in [2.45, 2.75) is 42.9 Å². The highest BCUT2D eigenvalue weighted by Crippen LogP contribution is 2.72. The summed E-state index contributed by atoms with van der Waals surface area (Å²) in [4.78, 5) is 15.6. The maximum Gasteiger partial charge on any atom is 0.164 e. The van der Waals surface area contributed by atoms with E-state index >= 15 is 0 Å². The number of rotatable bonds is 9. The summed E-state index contributed by atoms with van der Waals surface area (Å²) < 4.78 is 0. The smallest absolute Gasteiger partial charge is 0.164 e. The predicted octanol–water partition coefficient (Wildman–Crippen LogP) is 17.1. The van der Waals surface area contributed by atoms with Gasteiger partial charge in [-0.05, 0) is 156 Å². The molecule has 4 aliphatic rings. The van der Waals surface area contributed by atoms with Gasteiger partial charge in [0.1, 0.15) is 0 Å². The number of benzene rings is 10. The van der Waals surface area contributed by atoms with Crippen LogP contribution in [0.4, 0.5) is 0 Å². The van der Waals surface area contributed by atoms with Gasteiger partial charge in [0.2, 0.25) is 0 Å². The van der Waals surface area contributed by atoms with Crippen LogP contribution >= 0.6 is 0 Å². The van der Waals surface area contributed by atoms with Gasteiger partial charge in [-0.1, -0.05) is 206 Å². The molecular weight excluding hydrogens is 885 g/mol. The van der Waals surface area contributed by atoms with E-state index in [1.165, 1.54) is 81.5 Å². The monoisotopic (exact) mass is 934 g/mol. The summed E-state index contributed by atoms with van der Waals surface area (Å²) in [6.45, 7) is 0. The highest BCUT2D eigenvalue weighted by atomic mass is 15.0. The van der Waals surface area contributed by atoms with E-state index in [1.54, 1.807) is 0 Å². The van der Waals surface area contributed by atoms with E-state index in [1.807, 2.05) is 24.3 Å². The number of nitrogens with zero attached hydrogens (tertiary/aromatic N) is 4. The fraction of sp³-hybridized carbons (Fsp3) is 0.130. The summed E-state index contributed by atoms with van der Waals surface area (Å²) in [5.74, 6) is 3.28. The van der Waals surface area contributed by atoms with E-state index in [0.717, 1.165) is 44.5 Å². The van der Waals surface area contributed by atoms with Crippen molar-refractivity contribution in [3.8, 4) is 84.7 Å². The van der Waals surface area contributed by atoms with E-state index in [4.69, 9.17) is 15.0 Å². The molecule has 0 amide bonds. The van der Waals surface area contributed by atoms with Crippen molar-refractivity contribution >= 4 is 21.5 Å². The van der Waals surface area contributed by atoms with Crippen molar-refractivity contribution in [1.82, 2.24) is 15.0 Å². The quantitative estimate of drug-likeness (QED) is 0.145. The Morgan fingerprint density at radius 3 is 1.38 bits per heavy atom. The van der Waals surface area contributed by atoms with E-state index in [2.05, 4.69) is 212 Å². The predicted molar refractivity (Wildman–Crippen MR) is 297 cm³/mol. The molecule has 346 valence electrons. The molecule has 4 saturated carbocycles. The molecule has 4 heteroatoms. The zero-order valence-corrected chi connectivity index (χ0v) is 40.4. The van der Waals surface area contributed by atoms with Crippen LogP contribution in [0.15, 0.2) is 231 Å². The van der Waals surface area contributed by atoms with E-state index < -0.39 is 0 Å². The van der Waals surface area contributed by atoms with E-state index in [0.29, 0.717) is 34.9 Å². The van der Waals surface area contributed by atoms with Crippen LogP contribution in [0, 0.1) is 23.2 Å². The average molecular weight is 935 g/mol. The maximum atomic E-state index is 9.48. The third-order valence-corrected chi connectivity index (χ3v) is 16.8. The Labute approximate surface area is 426 Å². The van der Waals surface area contributed by atoms with Gasteiger partial charge in [0.25, 0.3) is 0 Å². The molecule has 1 heterocycles. The van der Waals surface area contributed by atoms with Gasteiger partial charge in [-0.25, -0.2) is 15.0 Å². The second kappa shape index (κ2) is 17.2. The lowest BCUT2D eigenvalue weighted by Gasteiger charge is -2.43. The Morgan fingerprint density at radius 2 is 0.822 bits per heavy atom. The molecule has 0 aliphatic heterocycles. The number of nitriles is 1. The van der Waals surface area contributed by atoms with Crippen molar-refractivity contribution in [2.75, 3.05) is 0 Å². The first-order valence-electron chi connectivity index (χ1n) is 25.7. The van der Waals surface area contributed by atoms with Crippen LogP contribution in [0.3, 0.4) is 0 Å². The Balaban J connectivity index is 0.820. The third kappa shape index (κ3) is 7.30. The van der Waals surface area contributed by atoms with Crippen LogP contribution in [0.1, 0.15) is 48.8 Å². The second-order valence-corrected chi connectivity index (χ2v) is 20.9. The van der Waals surface area contributed by atoms with E-state index in [9.17, 15) is 5.26 Å². The summed E-state index contributed by atoms with van der Waals surface area (Å²) in [5.41, 5.74) is 16.2. The minimum Gasteiger partial charge on any atom is -0.208 e. The van der Waals surface area contributed by atoms with Gasteiger partial charge in [-0.15, -0.1) is 0 Å². The zero-order valence-electron chi connectivity index (χ0n) is 40.4. The fourth-order valence-corrected chi connectivity index (χ4v) is 13.9. The Kier molecular flexibility index (Phi) is 10.2. The molecule has 4 fully saturated rings. The zero-order chi connectivity index (χ0) is 48.5. The lowest BCUT2D eigenvalue weighted by atomic mass is 9.61. The summed E-state index contributed by atoms with van der Waals surface area (Å²) in [6, 6.07) is 85.1. The van der Waals surface area contributed by atoms with Gasteiger partial charge in [0, 0.05) is 16.7 Å². The standard InChI is InChI=1S/C69H50N4/c70-43-45-25-27-49(28-26-45)58-34-36-64(62-24-10-8-22-60(58)62)69-41-46-37-56(69)42-68(40-46,44-69)63-35-33-57(59-21-7-9-23-61(59)63)50-29-31-51(32-30-50)65-71-66(54-19-11-17-52(38-54)47-13-3-1-4-14-47)73-67(72-65)55-20-12-18-53(39-55)48-15-5-2-6-16-48/h1-36,38-39,46,56H,37,40-42,44H2. The minimum atomic E-state index is 0.121. The van der Waals surface area contributed by atoms with Crippen molar-refractivity contribution < 1.29 is 0 Å². The lowest BCUT2D eigenvalue weighted by Crippen LogP contribution is -2.35. The van der Waals surface area contributed by atoms with E-state index in [-0.39, 0.29) is 10.8 Å². The van der Waals surface area contributed by atoms with Crippen LogP contribution in [-0.4, -0.2) is 15.0 Å². The van der Waals surface area contributed by atoms with Crippen LogP contribution in [0.25, 0.3) is 100 Å². The molecule has 73 heavy (non-hydrogen) atoms. The molecule has 0 spiro atoms. The second-order valence-electron chi connectivity index (χ2n) is 20.9. The van der Waals surface area contributed by atoms with Crippen molar-refractivity contribution in [3.05, 3.63) is 247 Å². The summed E-state index contributed by atoms with van der Waals surface area (Å²) >= 11 is 0. The molecule has 1 aromatic heterocycles. The first-order valence-corrected chi connectivity index (χ1v) is 25.7. The van der Waals surface area contributed by atoms with Gasteiger partial charge in [0.05, 0.1) is 11.6 Å². The molecule has 15 rings (SSSR count). The normalized spacial score (nSPS) is 19.6. The molecule has 0 radical (unpaired) electrons. The topological polar surface area (TPSA) is 62.5 Å². The molecule has 4 atom stereocenters. The average Bonchev–Trinajstić information content (AvgIpc) is 3.90. The van der Waals surface area contributed by atoms with Crippen molar-refractivity contribution in [3.63, 3.8) is 0 Å². The molecule has 0 N–H and O–H groups in total. The fourth-order valence-electron chi connectivity index (χ4n) is 13.9. The maximum absolute atomic E-state index is 9.48. The van der Waals surface area contributed by atoms with Crippen LogP contribution < -0.4 is 0 Å². The van der Waals surface area contributed by atoms with Gasteiger partial charge in [-0.2, -0.15) is 5.26 Å². The number of hydrogen-bond acceptors (Lipinski definition) is 4. The Bertz CT molecular complexity index is 3870. The first kappa shape index (κ1) is 43.0. The Morgan fingerprint density at radius 1 is 0.370 bits per heavy atom. The van der Waals surface area contributed by atoms with Gasteiger partial charge in [-0.3, -0.25) is 0 Å². The van der Waals surface area contributed by atoms with Crippen LogP contribution in [0.5, 0.6) is 0 Å². The van der Waals surface area contributed by atoms with Crippen LogP contribution in [-0.2, 0) is 10.8 Å². The van der Waals surface area contributed by atoms with Gasteiger partial charge in [0.15, 0.2) is 17.5 Å². The molecule has 4 nitrogen and oxygen atoms in total. The van der Waals surface area contributed by atoms with Gasteiger partial charge >= 0.3 is 0 Å². The lowest BCUT2D eigenvalue weighted by molar-refractivity contribution is 0.221. The summed E-state index contributed by atoms with van der Waals surface area (Å²) in [6.07, 6.45) is 6.26. The summed E-state index contributed by atoms with van der Waals surface area (Å²) in [5, 5.41) is 14.9. The molecule has 4 bridgehead atoms. The highest BCUT2D eigenvalue weighted by Gasteiger charge is 2.65. The van der Waals surface area contributed by atoms with Gasteiger partial charge < -0.3 is 0 Å². The number of aromatic nitrogens is 3. The number of hydrogen-bond donors (Lipinski definition) is 0. The van der Waals surface area contributed by atoms with Crippen molar-refractivity contribution in [2.24, 2.45) is 11.8 Å². The molecule has 0 saturated heterocycles. The molecule has 11 aromatic rings. The SMILES string of the molecule is N#Cc1ccc(-c2ccc(C34CC5CC3CC(c3ccc(-c6ccc(-c7nc(-c8cccc(-c9ccccc9)c8)nc(-c8cccc(-c9ccccc9)c8)n7)cc6)c6ccccc36)(C5)C4)c3ccccc23)cc1. The largest absolute Gasteiger partial charge is 0.208 e. The highest BCUT2D eigenvalue weighted by molar-refractivity contribution is 6.01. The molecule has 4 aliphatic carbocycles. The number of fused-ring (bicyclic) bond motifs is 2. The van der Waals surface area contributed by atoms with Crippen LogP contribution in [0.2, 0.25) is 0 Å². The minimum absolute atomic E-state index is 0.121. The molecule has 4 unspecified atom stereocenters. The van der Waals surface area contributed by atoms with Crippen molar-refractivity contribution in [1.29, 1.82) is 5.26 Å². The molecule has 10 aromatic carbocycles. The molecular formula is C69H50N4. The summed E-state index contributed by atoms with van der Waals surface area (Å²) in [7, 11) is 0.